The van der Waals surface area contributed by atoms with Gasteiger partial charge in [0.05, 0.1) is 12.7 Å². The first-order valence-corrected chi connectivity index (χ1v) is 7.16. The van der Waals surface area contributed by atoms with Gasteiger partial charge in [-0.1, -0.05) is 24.3 Å². The highest BCUT2D eigenvalue weighted by Crippen LogP contribution is 2.24. The number of carbonyl (C=O) groups is 2. The summed E-state index contributed by atoms with van der Waals surface area (Å²) in [4.78, 5) is 24.5. The Balaban J connectivity index is 1.73. The summed E-state index contributed by atoms with van der Waals surface area (Å²) in [6.07, 6.45) is 0.560. The van der Waals surface area contributed by atoms with Crippen LogP contribution in [0.1, 0.15) is 32.7 Å². The Hall–Kier alpha value is -2.62. The highest BCUT2D eigenvalue weighted by molar-refractivity contribution is 6.03. The number of rotatable bonds is 3. The zero-order valence-corrected chi connectivity index (χ0v) is 12.2. The molecule has 0 amide bonds. The van der Waals surface area contributed by atoms with Crippen LogP contribution in [0.4, 0.5) is 0 Å². The Morgan fingerprint density at radius 3 is 2.55 bits per heavy atom. The third-order valence-electron chi connectivity index (χ3n) is 3.83. The molecule has 1 atom stereocenters. The van der Waals surface area contributed by atoms with Crippen molar-refractivity contribution in [1.29, 1.82) is 0 Å². The predicted molar refractivity (Wildman–Crippen MR) is 81.3 cm³/mol. The minimum Gasteiger partial charge on any atom is -0.497 e. The van der Waals surface area contributed by atoms with E-state index in [-0.39, 0.29) is 5.78 Å². The highest BCUT2D eigenvalue weighted by Gasteiger charge is 2.30. The van der Waals surface area contributed by atoms with E-state index in [1.54, 1.807) is 37.4 Å². The molecule has 22 heavy (non-hydrogen) atoms. The standard InChI is InChI=1S/C18H16O4/c1-21-14-9-6-13(7-10-14)18(20)22-16-11-8-12-4-2-3-5-15(12)17(16)19/h2-7,9-10,16H,8,11H2,1H3. The van der Waals surface area contributed by atoms with E-state index >= 15 is 0 Å². The number of benzene rings is 2. The van der Waals surface area contributed by atoms with Crippen LogP contribution >= 0.6 is 0 Å². The van der Waals surface area contributed by atoms with Crippen molar-refractivity contribution in [1.82, 2.24) is 0 Å². The number of esters is 1. The first kappa shape index (κ1) is 14.3. The molecular weight excluding hydrogens is 280 g/mol. The van der Waals surface area contributed by atoms with E-state index in [1.807, 2.05) is 18.2 Å². The maximum absolute atomic E-state index is 12.4. The third kappa shape index (κ3) is 2.72. The topological polar surface area (TPSA) is 52.6 Å². The van der Waals surface area contributed by atoms with Crippen molar-refractivity contribution >= 4 is 11.8 Å². The van der Waals surface area contributed by atoms with Gasteiger partial charge in [0.2, 0.25) is 5.78 Å². The normalized spacial score (nSPS) is 16.8. The molecule has 112 valence electrons. The fraction of sp³-hybridized carbons (Fsp3) is 0.222. The average molecular weight is 296 g/mol. The fourth-order valence-electron chi connectivity index (χ4n) is 2.61. The first-order chi connectivity index (χ1) is 10.7. The molecule has 1 aliphatic carbocycles. The van der Waals surface area contributed by atoms with Crippen LogP contribution in [0, 0.1) is 0 Å². The smallest absolute Gasteiger partial charge is 0.338 e. The SMILES string of the molecule is COc1ccc(C(=O)OC2CCc3ccccc3C2=O)cc1. The van der Waals surface area contributed by atoms with Gasteiger partial charge < -0.3 is 9.47 Å². The maximum atomic E-state index is 12.4. The van der Waals surface area contributed by atoms with E-state index in [0.29, 0.717) is 23.3 Å². The van der Waals surface area contributed by atoms with Gasteiger partial charge in [0.25, 0.3) is 0 Å². The Labute approximate surface area is 128 Å². The molecule has 4 heteroatoms. The molecule has 2 aromatic carbocycles. The summed E-state index contributed by atoms with van der Waals surface area (Å²) >= 11 is 0. The van der Waals surface area contributed by atoms with E-state index in [4.69, 9.17) is 9.47 Å². The van der Waals surface area contributed by atoms with Gasteiger partial charge in [0.15, 0.2) is 6.10 Å². The van der Waals surface area contributed by atoms with Crippen molar-refractivity contribution in [3.8, 4) is 5.75 Å². The maximum Gasteiger partial charge on any atom is 0.338 e. The summed E-state index contributed by atoms with van der Waals surface area (Å²) in [6.45, 7) is 0. The summed E-state index contributed by atoms with van der Waals surface area (Å²) in [7, 11) is 1.56. The summed E-state index contributed by atoms with van der Waals surface area (Å²) in [5, 5.41) is 0. The van der Waals surface area contributed by atoms with Crippen LogP contribution in [0.2, 0.25) is 0 Å². The van der Waals surface area contributed by atoms with E-state index in [0.717, 1.165) is 12.0 Å². The van der Waals surface area contributed by atoms with Gasteiger partial charge in [0, 0.05) is 5.56 Å². The van der Waals surface area contributed by atoms with Gasteiger partial charge in [-0.3, -0.25) is 4.79 Å². The second-order valence-corrected chi connectivity index (χ2v) is 5.18. The Morgan fingerprint density at radius 1 is 1.09 bits per heavy atom. The quantitative estimate of drug-likeness (QED) is 0.817. The highest BCUT2D eigenvalue weighted by atomic mass is 16.5. The van der Waals surface area contributed by atoms with E-state index in [9.17, 15) is 9.59 Å². The molecule has 0 bridgehead atoms. The number of hydrogen-bond donors (Lipinski definition) is 0. The van der Waals surface area contributed by atoms with E-state index in [2.05, 4.69) is 0 Å². The number of carbonyl (C=O) groups excluding carboxylic acids is 2. The van der Waals surface area contributed by atoms with Crippen molar-refractivity contribution in [2.75, 3.05) is 7.11 Å². The number of aryl methyl sites for hydroxylation is 1. The fourth-order valence-corrected chi connectivity index (χ4v) is 2.61. The van der Waals surface area contributed by atoms with Crippen LogP contribution in [-0.2, 0) is 11.2 Å². The lowest BCUT2D eigenvalue weighted by Gasteiger charge is -2.23. The zero-order chi connectivity index (χ0) is 15.5. The number of fused-ring (bicyclic) bond motifs is 1. The lowest BCUT2D eigenvalue weighted by molar-refractivity contribution is 0.0257. The van der Waals surface area contributed by atoms with Crippen LogP contribution in [0.5, 0.6) is 5.75 Å². The van der Waals surface area contributed by atoms with Gasteiger partial charge in [-0.15, -0.1) is 0 Å². The van der Waals surface area contributed by atoms with Gasteiger partial charge in [0.1, 0.15) is 5.75 Å². The Bertz CT molecular complexity index is 703. The number of hydrogen-bond acceptors (Lipinski definition) is 4. The molecule has 3 rings (SSSR count). The molecule has 1 aliphatic rings. The van der Waals surface area contributed by atoms with Crippen molar-refractivity contribution in [2.45, 2.75) is 18.9 Å². The van der Waals surface area contributed by atoms with Crippen LogP contribution < -0.4 is 4.74 Å². The average Bonchev–Trinajstić information content (AvgIpc) is 2.57. The summed E-state index contributed by atoms with van der Waals surface area (Å²) in [6, 6.07) is 14.1. The van der Waals surface area contributed by atoms with Crippen LogP contribution in [0.25, 0.3) is 0 Å². The largest absolute Gasteiger partial charge is 0.497 e. The zero-order valence-electron chi connectivity index (χ0n) is 12.2. The number of ether oxygens (including phenoxy) is 2. The molecule has 0 fully saturated rings. The van der Waals surface area contributed by atoms with Crippen molar-refractivity contribution in [3.63, 3.8) is 0 Å². The number of ketones is 1. The van der Waals surface area contributed by atoms with Gasteiger partial charge in [-0.2, -0.15) is 0 Å². The molecule has 1 unspecified atom stereocenters. The molecule has 0 radical (unpaired) electrons. The van der Waals surface area contributed by atoms with Crippen LogP contribution in [0.3, 0.4) is 0 Å². The Kier molecular flexibility index (Phi) is 3.92. The molecule has 0 heterocycles. The van der Waals surface area contributed by atoms with E-state index < -0.39 is 12.1 Å². The first-order valence-electron chi connectivity index (χ1n) is 7.16. The lowest BCUT2D eigenvalue weighted by atomic mass is 9.89. The van der Waals surface area contributed by atoms with Crippen molar-refractivity contribution < 1.29 is 19.1 Å². The summed E-state index contributed by atoms with van der Waals surface area (Å²) in [5.74, 6) is 0.0586. The molecule has 0 N–H and O–H groups in total. The van der Waals surface area contributed by atoms with Gasteiger partial charge in [-0.05, 0) is 42.7 Å². The second kappa shape index (κ2) is 6.02. The summed E-state index contributed by atoms with van der Waals surface area (Å²) in [5.41, 5.74) is 2.08. The second-order valence-electron chi connectivity index (χ2n) is 5.18. The molecule has 0 spiro atoms. The Morgan fingerprint density at radius 2 is 1.82 bits per heavy atom. The molecule has 0 saturated heterocycles. The lowest BCUT2D eigenvalue weighted by Crippen LogP contribution is -2.32. The number of Topliss-reactive ketones (excluding diaryl/α,β-unsaturated/α-hetero) is 1. The number of methoxy groups -OCH3 is 1. The molecular formula is C18H16O4. The van der Waals surface area contributed by atoms with Gasteiger partial charge in [-0.25, -0.2) is 4.79 Å². The minimum atomic E-state index is -0.704. The minimum absolute atomic E-state index is 0.122. The monoisotopic (exact) mass is 296 g/mol. The van der Waals surface area contributed by atoms with Crippen molar-refractivity contribution in [2.24, 2.45) is 0 Å². The van der Waals surface area contributed by atoms with Crippen molar-refractivity contribution in [3.05, 3.63) is 65.2 Å². The molecule has 0 aromatic heterocycles. The molecule has 2 aromatic rings. The molecule has 4 nitrogen and oxygen atoms in total. The summed E-state index contributed by atoms with van der Waals surface area (Å²) < 4.78 is 10.4. The molecule has 0 aliphatic heterocycles. The van der Waals surface area contributed by atoms with Crippen LogP contribution in [0.15, 0.2) is 48.5 Å². The predicted octanol–water partition coefficient (Wildman–Crippen LogP) is 3.05. The van der Waals surface area contributed by atoms with Crippen LogP contribution in [-0.4, -0.2) is 25.0 Å². The van der Waals surface area contributed by atoms with Gasteiger partial charge >= 0.3 is 5.97 Å². The van der Waals surface area contributed by atoms with E-state index in [1.165, 1.54) is 0 Å². The molecule has 0 saturated carbocycles. The third-order valence-corrected chi connectivity index (χ3v) is 3.83.